The number of benzene rings is 1. The van der Waals surface area contributed by atoms with Gasteiger partial charge in [-0.15, -0.1) is 0 Å². The Kier molecular flexibility index (Phi) is 4.23. The van der Waals surface area contributed by atoms with E-state index in [1.54, 1.807) is 16.8 Å². The third-order valence-electron chi connectivity index (χ3n) is 5.19. The molecule has 1 aliphatic heterocycles. The number of rotatable bonds is 3. The van der Waals surface area contributed by atoms with Crippen LogP contribution in [0.25, 0.3) is 11.0 Å². The molecule has 1 saturated heterocycles. The molecule has 1 aromatic carbocycles. The summed E-state index contributed by atoms with van der Waals surface area (Å²) in [6.07, 6.45) is -1.70. The molecule has 7 nitrogen and oxygen atoms in total. The van der Waals surface area contributed by atoms with Gasteiger partial charge in [0.25, 0.3) is 0 Å². The van der Waals surface area contributed by atoms with Gasteiger partial charge in [0.15, 0.2) is 6.23 Å². The van der Waals surface area contributed by atoms with Crippen molar-refractivity contribution in [2.75, 3.05) is 0 Å². The Bertz CT molecular complexity index is 990. The first-order chi connectivity index (χ1) is 12.8. The zero-order valence-corrected chi connectivity index (χ0v) is 14.8. The van der Waals surface area contributed by atoms with Gasteiger partial charge in [-0.3, -0.25) is 0 Å². The van der Waals surface area contributed by atoms with Crippen LogP contribution in [-0.4, -0.2) is 47.7 Å². The van der Waals surface area contributed by atoms with Gasteiger partial charge in [0.1, 0.15) is 41.7 Å². The van der Waals surface area contributed by atoms with E-state index >= 15 is 0 Å². The average Bonchev–Trinajstić information content (AvgIpc) is 3.15. The zero-order chi connectivity index (χ0) is 19.3. The van der Waals surface area contributed by atoms with E-state index in [1.165, 1.54) is 37.5 Å². The summed E-state index contributed by atoms with van der Waals surface area (Å²) in [6.45, 7) is 3.23. The summed E-state index contributed by atoms with van der Waals surface area (Å²) in [5.74, 6) is -0.509. The lowest BCUT2D eigenvalue weighted by Crippen LogP contribution is -2.47. The molecule has 0 amide bonds. The predicted octanol–water partition coefficient (Wildman–Crippen LogP) is 1.62. The Labute approximate surface area is 154 Å². The van der Waals surface area contributed by atoms with Crippen molar-refractivity contribution < 1.29 is 24.4 Å². The number of nitrogens with zero attached hydrogens (tertiary/aromatic N) is 3. The van der Waals surface area contributed by atoms with E-state index in [-0.39, 0.29) is 5.56 Å². The summed E-state index contributed by atoms with van der Waals surface area (Å²) >= 11 is 0. The highest BCUT2D eigenvalue weighted by atomic mass is 19.1. The quantitative estimate of drug-likeness (QED) is 0.645. The molecule has 8 heteroatoms. The number of halogens is 1. The fourth-order valence-corrected chi connectivity index (χ4v) is 3.60. The molecule has 0 spiro atoms. The van der Waals surface area contributed by atoms with Crippen molar-refractivity contribution in [2.24, 2.45) is 0 Å². The van der Waals surface area contributed by atoms with Crippen LogP contribution in [0.3, 0.4) is 0 Å². The molecule has 0 unspecified atom stereocenters. The highest BCUT2D eigenvalue weighted by Gasteiger charge is 2.55. The molecule has 1 aliphatic rings. The lowest BCUT2D eigenvalue weighted by atomic mass is 9.88. The molecule has 3 aromatic rings. The van der Waals surface area contributed by atoms with Crippen LogP contribution in [0.2, 0.25) is 0 Å². The summed E-state index contributed by atoms with van der Waals surface area (Å²) < 4.78 is 21.0. The Balaban J connectivity index is 1.71. The van der Waals surface area contributed by atoms with Gasteiger partial charge in [-0.25, -0.2) is 14.4 Å². The van der Waals surface area contributed by atoms with E-state index in [1.807, 2.05) is 6.92 Å². The Morgan fingerprint density at radius 2 is 2.07 bits per heavy atom. The molecule has 27 heavy (non-hydrogen) atoms. The van der Waals surface area contributed by atoms with Crippen LogP contribution in [0.15, 0.2) is 42.9 Å². The van der Waals surface area contributed by atoms with Crippen molar-refractivity contribution in [1.82, 2.24) is 14.5 Å². The SMILES string of the molecule is Cc1ncnc2c1ccn2[C@@H]1O[C@H]([C@H](O)c2cccc(F)c2)[C@@](C)(O)[C@H]1O. The molecule has 2 aromatic heterocycles. The van der Waals surface area contributed by atoms with Crippen molar-refractivity contribution in [3.8, 4) is 0 Å². The van der Waals surface area contributed by atoms with Crippen LogP contribution < -0.4 is 0 Å². The van der Waals surface area contributed by atoms with Crippen molar-refractivity contribution in [1.29, 1.82) is 0 Å². The van der Waals surface area contributed by atoms with Gasteiger partial charge in [-0.1, -0.05) is 12.1 Å². The van der Waals surface area contributed by atoms with Crippen LogP contribution in [0, 0.1) is 12.7 Å². The van der Waals surface area contributed by atoms with E-state index in [0.29, 0.717) is 5.65 Å². The van der Waals surface area contributed by atoms with Crippen LogP contribution in [0.5, 0.6) is 0 Å². The monoisotopic (exact) mass is 373 g/mol. The van der Waals surface area contributed by atoms with Crippen molar-refractivity contribution >= 4 is 11.0 Å². The van der Waals surface area contributed by atoms with Crippen LogP contribution in [-0.2, 0) is 4.74 Å². The molecule has 5 atom stereocenters. The molecule has 3 heterocycles. The van der Waals surface area contributed by atoms with Gasteiger partial charge in [0, 0.05) is 11.6 Å². The summed E-state index contributed by atoms with van der Waals surface area (Å²) in [7, 11) is 0. The molecular weight excluding hydrogens is 353 g/mol. The standard InChI is InChI=1S/C19H20FN3O4/c1-10-13-6-7-23(17(13)22-9-21-10)18-15(25)19(2,26)16(27-18)14(24)11-4-3-5-12(20)8-11/h3-9,14-16,18,24-26H,1-2H3/t14-,15+,16-,18-,19+/m1/s1. The Morgan fingerprint density at radius 1 is 1.30 bits per heavy atom. The van der Waals surface area contributed by atoms with E-state index < -0.39 is 36.0 Å². The minimum Gasteiger partial charge on any atom is -0.386 e. The van der Waals surface area contributed by atoms with Gasteiger partial charge < -0.3 is 24.6 Å². The minimum atomic E-state index is -1.77. The molecule has 1 fully saturated rings. The van der Waals surface area contributed by atoms with E-state index in [0.717, 1.165) is 11.1 Å². The van der Waals surface area contributed by atoms with E-state index in [2.05, 4.69) is 9.97 Å². The smallest absolute Gasteiger partial charge is 0.164 e. The molecular formula is C19H20FN3O4. The van der Waals surface area contributed by atoms with Gasteiger partial charge in [0.2, 0.25) is 0 Å². The predicted molar refractivity (Wildman–Crippen MR) is 94.2 cm³/mol. The van der Waals surface area contributed by atoms with Crippen LogP contribution in [0.1, 0.15) is 30.5 Å². The van der Waals surface area contributed by atoms with Crippen LogP contribution >= 0.6 is 0 Å². The average molecular weight is 373 g/mol. The van der Waals surface area contributed by atoms with Crippen molar-refractivity contribution in [3.05, 3.63) is 59.9 Å². The van der Waals surface area contributed by atoms with Crippen molar-refractivity contribution in [3.63, 3.8) is 0 Å². The summed E-state index contributed by atoms with van der Waals surface area (Å²) in [5.41, 5.74) is -0.198. The molecule has 3 N–H and O–H groups in total. The largest absolute Gasteiger partial charge is 0.386 e. The molecule has 0 bridgehead atoms. The first-order valence-corrected chi connectivity index (χ1v) is 8.58. The first-order valence-electron chi connectivity index (χ1n) is 8.58. The highest BCUT2D eigenvalue weighted by Crippen LogP contribution is 2.43. The highest BCUT2D eigenvalue weighted by molar-refractivity contribution is 5.78. The van der Waals surface area contributed by atoms with Gasteiger partial charge in [-0.2, -0.15) is 0 Å². The zero-order valence-electron chi connectivity index (χ0n) is 14.8. The van der Waals surface area contributed by atoms with Crippen molar-refractivity contribution in [2.45, 2.75) is 44.0 Å². The fraction of sp³-hybridized carbons (Fsp3) is 0.368. The summed E-state index contributed by atoms with van der Waals surface area (Å²) in [4.78, 5) is 8.37. The third-order valence-corrected chi connectivity index (χ3v) is 5.19. The van der Waals surface area contributed by atoms with Gasteiger partial charge >= 0.3 is 0 Å². The minimum absolute atomic E-state index is 0.253. The lowest BCUT2D eigenvalue weighted by molar-refractivity contribution is -0.115. The number of ether oxygens (including phenoxy) is 1. The second-order valence-corrected chi connectivity index (χ2v) is 7.04. The first kappa shape index (κ1) is 18.0. The topological polar surface area (TPSA) is 101 Å². The second kappa shape index (κ2) is 6.35. The molecule has 0 saturated carbocycles. The maximum Gasteiger partial charge on any atom is 0.164 e. The van der Waals surface area contributed by atoms with Gasteiger partial charge in [0.05, 0.1) is 5.69 Å². The van der Waals surface area contributed by atoms with E-state index in [4.69, 9.17) is 4.74 Å². The lowest BCUT2D eigenvalue weighted by Gasteiger charge is -2.29. The van der Waals surface area contributed by atoms with E-state index in [9.17, 15) is 19.7 Å². The number of aliphatic hydroxyl groups is 3. The normalized spacial score (nSPS) is 29.3. The number of aliphatic hydroxyl groups excluding tert-OH is 2. The molecule has 0 aliphatic carbocycles. The van der Waals surface area contributed by atoms with Gasteiger partial charge in [-0.05, 0) is 37.6 Å². The maximum atomic E-state index is 13.5. The summed E-state index contributed by atoms with van der Waals surface area (Å²) in [6, 6.07) is 7.23. The number of hydrogen-bond donors (Lipinski definition) is 3. The van der Waals surface area contributed by atoms with Crippen LogP contribution in [0.4, 0.5) is 4.39 Å². The number of fused-ring (bicyclic) bond motifs is 1. The Hall–Kier alpha value is -2.39. The number of aromatic nitrogens is 3. The Morgan fingerprint density at radius 3 is 2.81 bits per heavy atom. The summed E-state index contributed by atoms with van der Waals surface area (Å²) in [5, 5.41) is 33.0. The number of aryl methyl sites for hydroxylation is 1. The second-order valence-electron chi connectivity index (χ2n) is 7.04. The molecule has 0 radical (unpaired) electrons. The third kappa shape index (κ3) is 2.81. The molecule has 4 rings (SSSR count). The fourth-order valence-electron chi connectivity index (χ4n) is 3.60. The number of hydrogen-bond acceptors (Lipinski definition) is 6. The maximum absolute atomic E-state index is 13.5. The molecule has 142 valence electrons.